The van der Waals surface area contributed by atoms with Crippen molar-refractivity contribution in [1.29, 1.82) is 0 Å². The Morgan fingerprint density at radius 2 is 1.72 bits per heavy atom. The van der Waals surface area contributed by atoms with E-state index < -0.39 is 17.6 Å². The van der Waals surface area contributed by atoms with Crippen LogP contribution in [0.3, 0.4) is 0 Å². The van der Waals surface area contributed by atoms with Crippen LogP contribution in [-0.2, 0) is 16.1 Å². The van der Waals surface area contributed by atoms with Gasteiger partial charge in [0.15, 0.2) is 0 Å². The van der Waals surface area contributed by atoms with Gasteiger partial charge in [0.2, 0.25) is 11.8 Å². The van der Waals surface area contributed by atoms with E-state index in [4.69, 9.17) is 17.2 Å². The fraction of sp³-hybridized carbons (Fsp3) is 0.273. The minimum Gasteiger partial charge on any atom is -0.368 e. The highest BCUT2D eigenvalue weighted by molar-refractivity contribution is 5.85. The van der Waals surface area contributed by atoms with Crippen LogP contribution < -0.4 is 22.1 Å². The van der Waals surface area contributed by atoms with Gasteiger partial charge >= 0.3 is 0 Å². The normalized spacial score (nSPS) is 10.1. The zero-order valence-electron chi connectivity index (χ0n) is 9.73. The lowest BCUT2D eigenvalue weighted by Crippen LogP contribution is -2.40. The molecule has 0 heterocycles. The Kier molecular flexibility index (Phi) is 4.61. The zero-order chi connectivity index (χ0) is 13.7. The van der Waals surface area contributed by atoms with Crippen LogP contribution in [0.4, 0.5) is 10.1 Å². The predicted molar refractivity (Wildman–Crippen MR) is 64.9 cm³/mol. The molecule has 2 amide bonds. The van der Waals surface area contributed by atoms with Gasteiger partial charge in [-0.05, 0) is 23.8 Å². The third-order valence-electron chi connectivity index (χ3n) is 2.30. The van der Waals surface area contributed by atoms with Crippen molar-refractivity contribution in [2.75, 3.05) is 18.0 Å². The topological polar surface area (TPSA) is 115 Å². The monoisotopic (exact) mass is 254 g/mol. The average molecular weight is 254 g/mol. The molecule has 0 aliphatic heterocycles. The van der Waals surface area contributed by atoms with Gasteiger partial charge in [-0.2, -0.15) is 0 Å². The molecule has 6 N–H and O–H groups in total. The molecule has 6 nitrogen and oxygen atoms in total. The van der Waals surface area contributed by atoms with Gasteiger partial charge in [0.05, 0.1) is 13.1 Å². The molecule has 1 rings (SSSR count). The van der Waals surface area contributed by atoms with Crippen molar-refractivity contribution in [2.24, 2.45) is 17.2 Å². The Labute approximate surface area is 104 Å². The van der Waals surface area contributed by atoms with Crippen LogP contribution in [0.1, 0.15) is 5.56 Å². The van der Waals surface area contributed by atoms with Crippen LogP contribution in [-0.4, -0.2) is 24.9 Å². The molecule has 7 heteroatoms. The fourth-order valence-electron chi connectivity index (χ4n) is 1.63. The van der Waals surface area contributed by atoms with Crippen LogP contribution in [0.5, 0.6) is 0 Å². The number of hydrogen-bond acceptors (Lipinski definition) is 4. The largest absolute Gasteiger partial charge is 0.368 e. The predicted octanol–water partition coefficient (Wildman–Crippen LogP) is -0.939. The first-order valence-electron chi connectivity index (χ1n) is 5.24. The summed E-state index contributed by atoms with van der Waals surface area (Å²) in [5.74, 6) is -1.69. The summed E-state index contributed by atoms with van der Waals surface area (Å²) in [5.41, 5.74) is 16.6. The average Bonchev–Trinajstić information content (AvgIpc) is 2.26. The number of amides is 2. The van der Waals surface area contributed by atoms with Crippen LogP contribution in [0, 0.1) is 5.82 Å². The summed E-state index contributed by atoms with van der Waals surface area (Å²) in [5, 5.41) is 0. The first kappa shape index (κ1) is 13.9. The van der Waals surface area contributed by atoms with E-state index in [-0.39, 0.29) is 19.6 Å². The minimum absolute atomic E-state index is 0.0706. The van der Waals surface area contributed by atoms with Crippen LogP contribution in [0.15, 0.2) is 18.2 Å². The molecule has 18 heavy (non-hydrogen) atoms. The third-order valence-corrected chi connectivity index (χ3v) is 2.30. The molecule has 0 aromatic heterocycles. The Balaban J connectivity index is 3.10. The SMILES string of the molecule is NCc1cc(F)ccc1N(CC(N)=O)CC(N)=O. The summed E-state index contributed by atoms with van der Waals surface area (Å²) in [6.45, 7) is -0.315. The number of hydrogen-bond donors (Lipinski definition) is 3. The molecule has 0 radical (unpaired) electrons. The summed E-state index contributed by atoms with van der Waals surface area (Å²) in [6, 6.07) is 3.89. The number of nitrogens with two attached hydrogens (primary N) is 3. The van der Waals surface area contributed by atoms with Crippen LogP contribution >= 0.6 is 0 Å². The van der Waals surface area contributed by atoms with Crippen molar-refractivity contribution in [3.63, 3.8) is 0 Å². The van der Waals surface area contributed by atoms with Gasteiger partial charge in [-0.3, -0.25) is 9.59 Å². The van der Waals surface area contributed by atoms with E-state index in [1.165, 1.54) is 23.1 Å². The molecule has 1 aromatic carbocycles. The molecule has 0 fully saturated rings. The molecule has 0 aliphatic rings. The van der Waals surface area contributed by atoms with Gasteiger partial charge in [-0.1, -0.05) is 0 Å². The summed E-state index contributed by atoms with van der Waals surface area (Å²) >= 11 is 0. The smallest absolute Gasteiger partial charge is 0.236 e. The lowest BCUT2D eigenvalue weighted by molar-refractivity contribution is -0.117. The molecule has 0 saturated carbocycles. The van der Waals surface area contributed by atoms with E-state index in [0.717, 1.165) is 0 Å². The highest BCUT2D eigenvalue weighted by Gasteiger charge is 2.15. The first-order valence-corrected chi connectivity index (χ1v) is 5.24. The lowest BCUT2D eigenvalue weighted by atomic mass is 10.1. The number of rotatable bonds is 6. The van der Waals surface area contributed by atoms with E-state index in [1.54, 1.807) is 0 Å². The number of nitrogens with zero attached hydrogens (tertiary/aromatic N) is 1. The second-order valence-corrected chi connectivity index (χ2v) is 3.77. The van der Waals surface area contributed by atoms with Gasteiger partial charge in [-0.25, -0.2) is 4.39 Å². The number of carbonyl (C=O) groups is 2. The summed E-state index contributed by atoms with van der Waals surface area (Å²) in [7, 11) is 0. The van der Waals surface area contributed by atoms with Gasteiger partial charge in [-0.15, -0.1) is 0 Å². The van der Waals surface area contributed by atoms with Gasteiger partial charge in [0.25, 0.3) is 0 Å². The highest BCUT2D eigenvalue weighted by Crippen LogP contribution is 2.21. The number of anilines is 1. The van der Waals surface area contributed by atoms with Crippen molar-refractivity contribution in [1.82, 2.24) is 0 Å². The lowest BCUT2D eigenvalue weighted by Gasteiger charge is -2.24. The Morgan fingerprint density at radius 1 is 1.17 bits per heavy atom. The van der Waals surface area contributed by atoms with Gasteiger partial charge in [0.1, 0.15) is 5.82 Å². The van der Waals surface area contributed by atoms with E-state index in [1.807, 2.05) is 0 Å². The summed E-state index contributed by atoms with van der Waals surface area (Å²) < 4.78 is 13.1. The second kappa shape index (κ2) is 5.97. The molecule has 98 valence electrons. The number of carbonyl (C=O) groups excluding carboxylic acids is 2. The van der Waals surface area contributed by atoms with Crippen LogP contribution in [0.2, 0.25) is 0 Å². The zero-order valence-corrected chi connectivity index (χ0v) is 9.73. The van der Waals surface area contributed by atoms with Crippen molar-refractivity contribution < 1.29 is 14.0 Å². The maximum Gasteiger partial charge on any atom is 0.236 e. The fourth-order valence-corrected chi connectivity index (χ4v) is 1.63. The Morgan fingerprint density at radius 3 is 2.17 bits per heavy atom. The van der Waals surface area contributed by atoms with E-state index >= 15 is 0 Å². The van der Waals surface area contributed by atoms with Crippen molar-refractivity contribution in [3.8, 4) is 0 Å². The van der Waals surface area contributed by atoms with Crippen molar-refractivity contribution in [3.05, 3.63) is 29.6 Å². The first-order chi connectivity index (χ1) is 8.43. The van der Waals surface area contributed by atoms with Gasteiger partial charge < -0.3 is 22.1 Å². The molecule has 0 spiro atoms. The molecule has 0 unspecified atom stereocenters. The van der Waals surface area contributed by atoms with E-state index in [9.17, 15) is 14.0 Å². The minimum atomic E-state index is -0.622. The van der Waals surface area contributed by atoms with Crippen molar-refractivity contribution in [2.45, 2.75) is 6.54 Å². The van der Waals surface area contributed by atoms with E-state index in [0.29, 0.717) is 11.3 Å². The van der Waals surface area contributed by atoms with Crippen LogP contribution in [0.25, 0.3) is 0 Å². The number of benzene rings is 1. The summed E-state index contributed by atoms with van der Waals surface area (Å²) in [4.78, 5) is 23.3. The Hall–Kier alpha value is -2.15. The number of halogens is 1. The summed E-state index contributed by atoms with van der Waals surface area (Å²) in [6.07, 6.45) is 0. The van der Waals surface area contributed by atoms with E-state index in [2.05, 4.69) is 0 Å². The van der Waals surface area contributed by atoms with Crippen molar-refractivity contribution >= 4 is 17.5 Å². The second-order valence-electron chi connectivity index (χ2n) is 3.77. The molecular formula is C11H15FN4O2. The maximum absolute atomic E-state index is 13.1. The molecule has 0 saturated heterocycles. The highest BCUT2D eigenvalue weighted by atomic mass is 19.1. The maximum atomic E-state index is 13.1. The third kappa shape index (κ3) is 3.70. The molecular weight excluding hydrogens is 239 g/mol. The molecule has 0 aliphatic carbocycles. The standard InChI is InChI=1S/C11H15FN4O2/c12-8-1-2-9(7(3-8)4-13)16(5-10(14)17)6-11(15)18/h1-3H,4-6,13H2,(H2,14,17)(H2,15,18). The number of primary amides is 2. The molecule has 0 atom stereocenters. The van der Waals surface area contributed by atoms with Gasteiger partial charge in [0, 0.05) is 12.2 Å². The molecule has 0 bridgehead atoms. The quantitative estimate of drug-likeness (QED) is 0.607. The Bertz CT molecular complexity index is 448. The molecule has 1 aromatic rings.